The van der Waals surface area contributed by atoms with Gasteiger partial charge < -0.3 is 15.4 Å². The number of hydrogen-bond acceptors (Lipinski definition) is 5. The minimum atomic E-state index is -0.746. The lowest BCUT2D eigenvalue weighted by molar-refractivity contribution is 0.429. The third kappa shape index (κ3) is 2.59. The molecule has 3 aromatic rings. The van der Waals surface area contributed by atoms with Gasteiger partial charge in [0.2, 0.25) is 5.82 Å². The molecule has 0 spiro atoms. The van der Waals surface area contributed by atoms with Gasteiger partial charge >= 0.3 is 0 Å². The SMILES string of the molecule is Nc1ccc(Br)c(-c2nc(-c3ccc(O)c(F)c3)no2)c1. The highest BCUT2D eigenvalue weighted by Gasteiger charge is 2.14. The molecule has 0 aliphatic carbocycles. The first-order valence-electron chi connectivity index (χ1n) is 5.92. The van der Waals surface area contributed by atoms with E-state index >= 15 is 0 Å². The lowest BCUT2D eigenvalue weighted by Crippen LogP contribution is -1.87. The maximum atomic E-state index is 13.4. The van der Waals surface area contributed by atoms with Crippen molar-refractivity contribution in [3.63, 3.8) is 0 Å². The van der Waals surface area contributed by atoms with Crippen molar-refractivity contribution in [2.75, 3.05) is 5.73 Å². The number of aromatic hydroxyl groups is 1. The van der Waals surface area contributed by atoms with E-state index in [2.05, 4.69) is 26.1 Å². The second-order valence-corrected chi connectivity index (χ2v) is 5.18. The van der Waals surface area contributed by atoms with Crippen molar-refractivity contribution in [3.8, 4) is 28.6 Å². The van der Waals surface area contributed by atoms with Crippen molar-refractivity contribution in [2.45, 2.75) is 0 Å². The predicted molar refractivity (Wildman–Crippen MR) is 78.9 cm³/mol. The van der Waals surface area contributed by atoms with Crippen LogP contribution in [0.5, 0.6) is 5.75 Å². The van der Waals surface area contributed by atoms with Gasteiger partial charge in [0.15, 0.2) is 11.6 Å². The number of anilines is 1. The summed E-state index contributed by atoms with van der Waals surface area (Å²) in [6.45, 7) is 0. The minimum Gasteiger partial charge on any atom is -0.505 e. The van der Waals surface area contributed by atoms with Crippen LogP contribution in [0.1, 0.15) is 0 Å². The van der Waals surface area contributed by atoms with Crippen LogP contribution in [-0.2, 0) is 0 Å². The van der Waals surface area contributed by atoms with Gasteiger partial charge in [-0.1, -0.05) is 5.16 Å². The van der Waals surface area contributed by atoms with Crippen molar-refractivity contribution in [1.82, 2.24) is 10.1 Å². The number of phenols is 1. The molecule has 0 bridgehead atoms. The van der Waals surface area contributed by atoms with E-state index in [-0.39, 0.29) is 11.7 Å². The number of rotatable bonds is 2. The number of halogens is 2. The Bertz CT molecular complexity index is 820. The molecule has 0 unspecified atom stereocenters. The van der Waals surface area contributed by atoms with Crippen LogP contribution in [0.2, 0.25) is 0 Å². The zero-order chi connectivity index (χ0) is 15.0. The Morgan fingerprint density at radius 3 is 2.76 bits per heavy atom. The van der Waals surface area contributed by atoms with Crippen LogP contribution in [0, 0.1) is 5.82 Å². The third-order valence-electron chi connectivity index (χ3n) is 2.85. The van der Waals surface area contributed by atoms with E-state index in [1.165, 1.54) is 12.1 Å². The fourth-order valence-corrected chi connectivity index (χ4v) is 2.22. The zero-order valence-electron chi connectivity index (χ0n) is 10.5. The topological polar surface area (TPSA) is 85.2 Å². The van der Waals surface area contributed by atoms with E-state index in [9.17, 15) is 9.50 Å². The number of nitrogen functional groups attached to an aromatic ring is 1. The third-order valence-corrected chi connectivity index (χ3v) is 3.54. The van der Waals surface area contributed by atoms with Gasteiger partial charge in [-0.25, -0.2) is 4.39 Å². The first kappa shape index (κ1) is 13.6. The average molecular weight is 350 g/mol. The largest absolute Gasteiger partial charge is 0.505 e. The molecule has 0 aliphatic rings. The van der Waals surface area contributed by atoms with Crippen molar-refractivity contribution in [3.05, 3.63) is 46.7 Å². The van der Waals surface area contributed by atoms with Crippen molar-refractivity contribution < 1.29 is 14.0 Å². The Labute approximate surface area is 127 Å². The summed E-state index contributed by atoms with van der Waals surface area (Å²) in [5.74, 6) is -0.694. The summed E-state index contributed by atoms with van der Waals surface area (Å²) < 4.78 is 19.3. The highest BCUT2D eigenvalue weighted by molar-refractivity contribution is 9.10. The fourth-order valence-electron chi connectivity index (χ4n) is 1.80. The van der Waals surface area contributed by atoms with Crippen molar-refractivity contribution >= 4 is 21.6 Å². The molecule has 0 aliphatic heterocycles. The highest BCUT2D eigenvalue weighted by atomic mass is 79.9. The molecule has 2 aromatic carbocycles. The molecule has 3 rings (SSSR count). The molecule has 1 aromatic heterocycles. The average Bonchev–Trinajstić information content (AvgIpc) is 2.94. The first-order valence-corrected chi connectivity index (χ1v) is 6.72. The maximum absolute atomic E-state index is 13.4. The van der Waals surface area contributed by atoms with Crippen LogP contribution < -0.4 is 5.73 Å². The van der Waals surface area contributed by atoms with Gasteiger partial charge in [-0.3, -0.25) is 0 Å². The van der Waals surface area contributed by atoms with E-state index in [4.69, 9.17) is 10.3 Å². The lowest BCUT2D eigenvalue weighted by atomic mass is 10.2. The van der Waals surface area contributed by atoms with Gasteiger partial charge in [0.05, 0.1) is 5.56 Å². The summed E-state index contributed by atoms with van der Waals surface area (Å²) in [4.78, 5) is 4.21. The van der Waals surface area contributed by atoms with E-state index < -0.39 is 11.6 Å². The number of nitrogens with two attached hydrogens (primary N) is 1. The molecule has 7 heteroatoms. The van der Waals surface area contributed by atoms with Gasteiger partial charge in [-0.15, -0.1) is 0 Å². The Kier molecular flexibility index (Phi) is 3.34. The van der Waals surface area contributed by atoms with Crippen LogP contribution in [0.15, 0.2) is 45.4 Å². The molecule has 106 valence electrons. The second-order valence-electron chi connectivity index (χ2n) is 4.33. The monoisotopic (exact) mass is 349 g/mol. The molecule has 0 radical (unpaired) electrons. The van der Waals surface area contributed by atoms with E-state index in [0.29, 0.717) is 16.8 Å². The van der Waals surface area contributed by atoms with Gasteiger partial charge in [0.25, 0.3) is 5.89 Å². The number of aromatic nitrogens is 2. The maximum Gasteiger partial charge on any atom is 0.259 e. The Morgan fingerprint density at radius 1 is 1.19 bits per heavy atom. The van der Waals surface area contributed by atoms with Crippen molar-refractivity contribution in [1.29, 1.82) is 0 Å². The molecule has 21 heavy (non-hydrogen) atoms. The summed E-state index contributed by atoms with van der Waals surface area (Å²) >= 11 is 3.38. The molecule has 3 N–H and O–H groups in total. The summed E-state index contributed by atoms with van der Waals surface area (Å²) in [6, 6.07) is 9.07. The minimum absolute atomic E-state index is 0.221. The van der Waals surface area contributed by atoms with Crippen LogP contribution >= 0.6 is 15.9 Å². The van der Waals surface area contributed by atoms with Crippen molar-refractivity contribution in [2.24, 2.45) is 0 Å². The van der Waals surface area contributed by atoms with Gasteiger partial charge in [-0.2, -0.15) is 4.98 Å². The number of nitrogens with zero attached hydrogens (tertiary/aromatic N) is 2. The second kappa shape index (κ2) is 5.17. The molecular weight excluding hydrogens is 341 g/mol. The smallest absolute Gasteiger partial charge is 0.259 e. The van der Waals surface area contributed by atoms with E-state index in [0.717, 1.165) is 10.5 Å². The molecule has 0 fully saturated rings. The lowest BCUT2D eigenvalue weighted by Gasteiger charge is -2.00. The zero-order valence-corrected chi connectivity index (χ0v) is 12.1. The highest BCUT2D eigenvalue weighted by Crippen LogP contribution is 2.31. The molecule has 0 saturated heterocycles. The number of phenolic OH excluding ortho intramolecular Hbond substituents is 1. The summed E-state index contributed by atoms with van der Waals surface area (Å²) in [6.07, 6.45) is 0. The summed E-state index contributed by atoms with van der Waals surface area (Å²) in [5, 5.41) is 13.0. The number of benzene rings is 2. The molecule has 1 heterocycles. The Morgan fingerprint density at radius 2 is 2.00 bits per heavy atom. The number of hydrogen-bond donors (Lipinski definition) is 2. The normalized spacial score (nSPS) is 10.8. The summed E-state index contributed by atoms with van der Waals surface area (Å²) in [5.41, 5.74) is 7.34. The van der Waals surface area contributed by atoms with E-state index in [1.807, 2.05) is 0 Å². The van der Waals surface area contributed by atoms with Crippen LogP contribution in [0.3, 0.4) is 0 Å². The fraction of sp³-hybridized carbons (Fsp3) is 0. The summed E-state index contributed by atoms with van der Waals surface area (Å²) in [7, 11) is 0. The van der Waals surface area contributed by atoms with Crippen LogP contribution in [0.4, 0.5) is 10.1 Å². The van der Waals surface area contributed by atoms with E-state index in [1.54, 1.807) is 18.2 Å². The van der Waals surface area contributed by atoms with Gasteiger partial charge in [0.1, 0.15) is 0 Å². The Hall–Kier alpha value is -2.41. The molecule has 0 atom stereocenters. The predicted octanol–water partition coefficient (Wildman–Crippen LogP) is 3.59. The molecule has 0 saturated carbocycles. The standard InChI is InChI=1S/C14H9BrFN3O2/c15-10-3-2-8(17)6-9(10)14-18-13(19-21-14)7-1-4-12(20)11(16)5-7/h1-6,20H,17H2. The first-order chi connectivity index (χ1) is 10.0. The molecule has 0 amide bonds. The molecular formula is C14H9BrFN3O2. The van der Waals surface area contributed by atoms with Crippen LogP contribution in [0.25, 0.3) is 22.8 Å². The Balaban J connectivity index is 2.03. The van der Waals surface area contributed by atoms with Gasteiger partial charge in [0, 0.05) is 15.7 Å². The quantitative estimate of drug-likeness (QED) is 0.690. The molecule has 5 nitrogen and oxygen atoms in total. The van der Waals surface area contributed by atoms with Crippen LogP contribution in [-0.4, -0.2) is 15.2 Å². The van der Waals surface area contributed by atoms with Gasteiger partial charge in [-0.05, 0) is 52.3 Å².